The number of halogens is 1. The Bertz CT molecular complexity index is 1230. The fourth-order valence-corrected chi connectivity index (χ4v) is 5.97. The number of carbonyl (C=O) groups is 1. The normalized spacial score (nSPS) is 24.4. The molecule has 0 spiro atoms. The summed E-state index contributed by atoms with van der Waals surface area (Å²) < 4.78 is 13.9. The molecule has 0 radical (unpaired) electrons. The van der Waals surface area contributed by atoms with Gasteiger partial charge in [-0.2, -0.15) is 5.26 Å². The number of anilines is 1. The first-order valence-electron chi connectivity index (χ1n) is 11.6. The maximum atomic E-state index is 13.9. The van der Waals surface area contributed by atoms with E-state index in [1.165, 1.54) is 17.8 Å². The average molecular weight is 443 g/mol. The molecule has 0 saturated heterocycles. The summed E-state index contributed by atoms with van der Waals surface area (Å²) in [6.45, 7) is 4.06. The SMILES string of the molecule is CC(C)(C(=O)Nc1ccc(C#N)nc1)[C@H]1C[C@H]2C[C@@H](c3ccnc4ccc(F)cc34)C[C@H]2C1. The quantitative estimate of drug-likeness (QED) is 0.552. The number of benzene rings is 1. The maximum Gasteiger partial charge on any atom is 0.230 e. The van der Waals surface area contributed by atoms with Gasteiger partial charge in [0.25, 0.3) is 0 Å². The molecule has 6 heteroatoms. The van der Waals surface area contributed by atoms with E-state index in [2.05, 4.69) is 15.3 Å². The molecule has 2 aliphatic carbocycles. The highest BCUT2D eigenvalue weighted by Gasteiger charge is 2.48. The van der Waals surface area contributed by atoms with Crippen molar-refractivity contribution in [1.82, 2.24) is 9.97 Å². The predicted octanol–water partition coefficient (Wildman–Crippen LogP) is 5.83. The Morgan fingerprint density at radius 2 is 1.85 bits per heavy atom. The molecule has 2 saturated carbocycles. The monoisotopic (exact) mass is 442 g/mol. The average Bonchev–Trinajstić information content (AvgIpc) is 3.39. The molecule has 1 N–H and O–H groups in total. The third-order valence-corrected chi connectivity index (χ3v) is 7.93. The fourth-order valence-electron chi connectivity index (χ4n) is 5.97. The highest BCUT2D eigenvalue weighted by molar-refractivity contribution is 5.95. The van der Waals surface area contributed by atoms with E-state index in [0.717, 1.165) is 36.6 Å². The van der Waals surface area contributed by atoms with Gasteiger partial charge in [0.2, 0.25) is 5.91 Å². The number of amides is 1. The molecule has 2 aromatic heterocycles. The molecule has 0 aliphatic heterocycles. The number of nitrogens with zero attached hydrogens (tertiary/aromatic N) is 3. The molecule has 1 aromatic carbocycles. The van der Waals surface area contributed by atoms with E-state index in [-0.39, 0.29) is 11.7 Å². The lowest BCUT2D eigenvalue weighted by Gasteiger charge is -2.31. The smallest absolute Gasteiger partial charge is 0.230 e. The summed E-state index contributed by atoms with van der Waals surface area (Å²) in [7, 11) is 0. The van der Waals surface area contributed by atoms with E-state index in [0.29, 0.717) is 35.1 Å². The van der Waals surface area contributed by atoms with E-state index in [4.69, 9.17) is 5.26 Å². The van der Waals surface area contributed by atoms with E-state index < -0.39 is 5.41 Å². The van der Waals surface area contributed by atoms with E-state index in [1.807, 2.05) is 32.2 Å². The zero-order valence-corrected chi connectivity index (χ0v) is 18.9. The van der Waals surface area contributed by atoms with Crippen molar-refractivity contribution in [3.8, 4) is 6.07 Å². The van der Waals surface area contributed by atoms with Crippen LogP contribution in [0.3, 0.4) is 0 Å². The standard InChI is InChI=1S/C27H27FN4O/c1-27(2,26(33)32-22-5-4-21(14-29)31-15-22)19-11-16-9-18(10-17(16)12-19)23-7-8-30-25-6-3-20(28)13-24(23)25/h3-8,13,15-19H,9-12H2,1-2H3,(H,32,33)/t16-,17+,18-,19+. The molecule has 168 valence electrons. The number of pyridine rings is 2. The van der Waals surface area contributed by atoms with Crippen molar-refractivity contribution >= 4 is 22.5 Å². The second-order valence-corrected chi connectivity index (χ2v) is 10.1. The van der Waals surface area contributed by atoms with Crippen molar-refractivity contribution in [1.29, 1.82) is 5.26 Å². The van der Waals surface area contributed by atoms with Gasteiger partial charge in [-0.3, -0.25) is 9.78 Å². The van der Waals surface area contributed by atoms with Gasteiger partial charge in [0.1, 0.15) is 17.6 Å². The van der Waals surface area contributed by atoms with Gasteiger partial charge in [0.05, 0.1) is 17.4 Å². The van der Waals surface area contributed by atoms with Gasteiger partial charge in [-0.25, -0.2) is 9.37 Å². The number of rotatable bonds is 4. The third kappa shape index (κ3) is 3.97. The number of carbonyl (C=O) groups excluding carboxylic acids is 1. The maximum absolute atomic E-state index is 13.9. The van der Waals surface area contributed by atoms with Gasteiger partial charge in [-0.05, 0) is 91.3 Å². The van der Waals surface area contributed by atoms with Crippen LogP contribution in [0.4, 0.5) is 10.1 Å². The minimum Gasteiger partial charge on any atom is -0.324 e. The lowest BCUT2D eigenvalue weighted by molar-refractivity contribution is -0.126. The van der Waals surface area contributed by atoms with Crippen LogP contribution in [0.2, 0.25) is 0 Å². The molecule has 5 nitrogen and oxygen atoms in total. The zero-order chi connectivity index (χ0) is 23.2. The van der Waals surface area contributed by atoms with E-state index in [1.54, 1.807) is 24.3 Å². The van der Waals surface area contributed by atoms with Crippen LogP contribution in [0.5, 0.6) is 0 Å². The lowest BCUT2D eigenvalue weighted by Crippen LogP contribution is -2.37. The third-order valence-electron chi connectivity index (χ3n) is 7.93. The van der Waals surface area contributed by atoms with Gasteiger partial charge in [-0.1, -0.05) is 13.8 Å². The molecule has 5 rings (SSSR count). The first-order valence-corrected chi connectivity index (χ1v) is 11.6. The van der Waals surface area contributed by atoms with Crippen LogP contribution < -0.4 is 5.32 Å². The molecular weight excluding hydrogens is 415 g/mol. The number of nitriles is 1. The fraction of sp³-hybridized carbons (Fsp3) is 0.407. The molecule has 2 aliphatic rings. The Morgan fingerprint density at radius 1 is 1.09 bits per heavy atom. The first-order chi connectivity index (χ1) is 15.8. The van der Waals surface area contributed by atoms with Crippen LogP contribution >= 0.6 is 0 Å². The Morgan fingerprint density at radius 3 is 2.52 bits per heavy atom. The second kappa shape index (κ2) is 8.22. The van der Waals surface area contributed by atoms with Gasteiger partial charge in [0, 0.05) is 17.0 Å². The highest BCUT2D eigenvalue weighted by atomic mass is 19.1. The van der Waals surface area contributed by atoms with Crippen molar-refractivity contribution in [3.63, 3.8) is 0 Å². The molecule has 0 unspecified atom stereocenters. The van der Waals surface area contributed by atoms with Gasteiger partial charge in [0.15, 0.2) is 0 Å². The molecular formula is C27H27FN4O. The van der Waals surface area contributed by atoms with Gasteiger partial charge >= 0.3 is 0 Å². The molecule has 4 atom stereocenters. The molecule has 2 heterocycles. The van der Waals surface area contributed by atoms with Gasteiger partial charge in [-0.15, -0.1) is 0 Å². The predicted molar refractivity (Wildman–Crippen MR) is 125 cm³/mol. The van der Waals surface area contributed by atoms with Crippen LogP contribution in [0.25, 0.3) is 10.9 Å². The first kappa shape index (κ1) is 21.5. The van der Waals surface area contributed by atoms with Gasteiger partial charge < -0.3 is 5.32 Å². The number of fused-ring (bicyclic) bond motifs is 2. The van der Waals surface area contributed by atoms with Crippen molar-refractivity contribution in [2.45, 2.75) is 45.4 Å². The van der Waals surface area contributed by atoms with Crippen LogP contribution in [-0.4, -0.2) is 15.9 Å². The molecule has 3 aromatic rings. The number of hydrogen-bond acceptors (Lipinski definition) is 4. The number of hydrogen-bond donors (Lipinski definition) is 1. The molecule has 1 amide bonds. The minimum absolute atomic E-state index is 0.00821. The Kier molecular flexibility index (Phi) is 5.36. The van der Waals surface area contributed by atoms with Crippen molar-refractivity contribution in [3.05, 3.63) is 65.9 Å². The number of aromatic nitrogens is 2. The largest absolute Gasteiger partial charge is 0.324 e. The second-order valence-electron chi connectivity index (χ2n) is 10.1. The van der Waals surface area contributed by atoms with Crippen molar-refractivity contribution in [2.24, 2.45) is 23.2 Å². The zero-order valence-electron chi connectivity index (χ0n) is 18.9. The molecule has 0 bridgehead atoms. The summed E-state index contributed by atoms with van der Waals surface area (Å²) in [5, 5.41) is 12.8. The van der Waals surface area contributed by atoms with Crippen LogP contribution in [0, 0.1) is 40.3 Å². The summed E-state index contributed by atoms with van der Waals surface area (Å²) in [4.78, 5) is 21.6. The van der Waals surface area contributed by atoms with Crippen molar-refractivity contribution < 1.29 is 9.18 Å². The lowest BCUT2D eigenvalue weighted by atomic mass is 9.75. The summed E-state index contributed by atoms with van der Waals surface area (Å²) in [6, 6.07) is 12.2. The van der Waals surface area contributed by atoms with Crippen LogP contribution in [-0.2, 0) is 4.79 Å². The minimum atomic E-state index is -0.500. The summed E-state index contributed by atoms with van der Waals surface area (Å²) in [6.07, 6.45) is 7.58. The summed E-state index contributed by atoms with van der Waals surface area (Å²) in [5.41, 5.74) is 2.49. The number of nitrogens with one attached hydrogen (secondary N) is 1. The summed E-state index contributed by atoms with van der Waals surface area (Å²) >= 11 is 0. The topological polar surface area (TPSA) is 78.7 Å². The van der Waals surface area contributed by atoms with E-state index >= 15 is 0 Å². The Hall–Kier alpha value is -3.33. The van der Waals surface area contributed by atoms with E-state index in [9.17, 15) is 9.18 Å². The Labute approximate surface area is 193 Å². The van der Waals surface area contributed by atoms with Crippen molar-refractivity contribution in [2.75, 3.05) is 5.32 Å². The Balaban J connectivity index is 1.27. The van der Waals surface area contributed by atoms with Crippen LogP contribution in [0.15, 0.2) is 48.8 Å². The molecule has 2 fully saturated rings. The van der Waals surface area contributed by atoms with Crippen LogP contribution in [0.1, 0.15) is 56.7 Å². The highest BCUT2D eigenvalue weighted by Crippen LogP contribution is 2.56. The summed E-state index contributed by atoms with van der Waals surface area (Å²) in [5.74, 6) is 1.66. The molecule has 33 heavy (non-hydrogen) atoms.